The number of aromatic carboxylic acids is 1. The lowest BCUT2D eigenvalue weighted by atomic mass is 10.2. The fourth-order valence-corrected chi connectivity index (χ4v) is 1.73. The highest BCUT2D eigenvalue weighted by molar-refractivity contribution is 5.94. The van der Waals surface area contributed by atoms with Crippen LogP contribution in [0.15, 0.2) is 42.6 Å². The number of carboxylic acid groups (broad SMARTS) is 1. The summed E-state index contributed by atoms with van der Waals surface area (Å²) in [4.78, 5) is 15.2. The van der Waals surface area contributed by atoms with E-state index >= 15 is 0 Å². The van der Waals surface area contributed by atoms with E-state index in [1.54, 1.807) is 12.3 Å². The van der Waals surface area contributed by atoms with Gasteiger partial charge in [0.2, 0.25) is 0 Å². The number of rotatable bonds is 5. The molecular weight excluding hydrogens is 256 g/mol. The summed E-state index contributed by atoms with van der Waals surface area (Å²) in [7, 11) is 0. The third kappa shape index (κ3) is 3.26. The second-order valence-corrected chi connectivity index (χ2v) is 4.49. The average molecular weight is 272 g/mol. The van der Waals surface area contributed by atoms with Gasteiger partial charge in [0.15, 0.2) is 0 Å². The van der Waals surface area contributed by atoms with Crippen molar-refractivity contribution in [2.24, 2.45) is 0 Å². The zero-order chi connectivity index (χ0) is 14.5. The second kappa shape index (κ2) is 6.06. The highest BCUT2D eigenvalue weighted by atomic mass is 16.5. The second-order valence-electron chi connectivity index (χ2n) is 4.49. The summed E-state index contributed by atoms with van der Waals surface area (Å²) in [6.07, 6.45) is 1.57. The number of carboxylic acids is 1. The highest BCUT2D eigenvalue weighted by Gasteiger charge is 2.12. The lowest BCUT2D eigenvalue weighted by Crippen LogP contribution is -2.09. The van der Waals surface area contributed by atoms with Crippen LogP contribution in [0.1, 0.15) is 24.2 Å². The smallest absolute Gasteiger partial charge is 0.339 e. The predicted molar refractivity (Wildman–Crippen MR) is 76.7 cm³/mol. The van der Waals surface area contributed by atoms with Gasteiger partial charge < -0.3 is 15.2 Å². The van der Waals surface area contributed by atoms with Crippen LogP contribution in [-0.2, 0) is 0 Å². The van der Waals surface area contributed by atoms with Crippen LogP contribution in [-0.4, -0.2) is 22.2 Å². The number of pyridine rings is 1. The van der Waals surface area contributed by atoms with Gasteiger partial charge in [-0.05, 0) is 38.1 Å². The van der Waals surface area contributed by atoms with Crippen molar-refractivity contribution in [2.75, 3.05) is 5.32 Å². The molecule has 2 aromatic rings. The molecule has 0 saturated heterocycles. The topological polar surface area (TPSA) is 71.5 Å². The summed E-state index contributed by atoms with van der Waals surface area (Å²) in [6, 6.07) is 10.4. The van der Waals surface area contributed by atoms with Crippen LogP contribution in [0, 0.1) is 0 Å². The predicted octanol–water partition coefficient (Wildman–Crippen LogP) is 3.31. The molecule has 0 amide bonds. The summed E-state index contributed by atoms with van der Waals surface area (Å²) in [5.74, 6) is -0.0767. The van der Waals surface area contributed by atoms with Crippen LogP contribution in [0.5, 0.6) is 5.75 Å². The Hall–Kier alpha value is -2.56. The summed E-state index contributed by atoms with van der Waals surface area (Å²) in [6.45, 7) is 3.86. The molecule has 0 aliphatic rings. The zero-order valence-electron chi connectivity index (χ0n) is 11.3. The Morgan fingerprint density at radius 2 is 2.00 bits per heavy atom. The van der Waals surface area contributed by atoms with E-state index in [1.165, 1.54) is 6.07 Å². The van der Waals surface area contributed by atoms with Crippen molar-refractivity contribution >= 4 is 17.5 Å². The van der Waals surface area contributed by atoms with Gasteiger partial charge >= 0.3 is 5.97 Å². The quantitative estimate of drug-likeness (QED) is 0.873. The molecule has 20 heavy (non-hydrogen) atoms. The Balaban J connectivity index is 2.33. The van der Waals surface area contributed by atoms with Crippen LogP contribution in [0.3, 0.4) is 0 Å². The molecule has 0 saturated carbocycles. The van der Waals surface area contributed by atoms with Gasteiger partial charge in [-0.1, -0.05) is 12.1 Å². The fraction of sp³-hybridized carbons (Fsp3) is 0.200. The molecule has 0 spiro atoms. The maximum atomic E-state index is 11.2. The number of hydrogen-bond acceptors (Lipinski definition) is 4. The van der Waals surface area contributed by atoms with Gasteiger partial charge in [0.1, 0.15) is 17.1 Å². The van der Waals surface area contributed by atoms with Gasteiger partial charge in [-0.25, -0.2) is 9.78 Å². The molecule has 0 atom stereocenters. The summed E-state index contributed by atoms with van der Waals surface area (Å²) >= 11 is 0. The van der Waals surface area contributed by atoms with Crippen LogP contribution in [0.4, 0.5) is 11.5 Å². The van der Waals surface area contributed by atoms with Crippen molar-refractivity contribution in [3.05, 3.63) is 48.2 Å². The van der Waals surface area contributed by atoms with E-state index in [1.807, 2.05) is 38.1 Å². The molecule has 1 heterocycles. The van der Waals surface area contributed by atoms with Crippen molar-refractivity contribution in [2.45, 2.75) is 20.0 Å². The number of para-hydroxylation sites is 2. The lowest BCUT2D eigenvalue weighted by Gasteiger charge is -2.15. The molecule has 104 valence electrons. The minimum atomic E-state index is -1.03. The molecule has 0 bridgehead atoms. The number of ether oxygens (including phenoxy) is 1. The van der Waals surface area contributed by atoms with E-state index < -0.39 is 5.97 Å². The van der Waals surface area contributed by atoms with E-state index in [4.69, 9.17) is 9.84 Å². The molecular formula is C15H16N2O3. The van der Waals surface area contributed by atoms with Crippen molar-refractivity contribution < 1.29 is 14.6 Å². The van der Waals surface area contributed by atoms with Gasteiger partial charge in [-0.2, -0.15) is 0 Å². The molecule has 0 fully saturated rings. The molecule has 1 aromatic heterocycles. The normalized spacial score (nSPS) is 10.3. The van der Waals surface area contributed by atoms with Gasteiger partial charge in [0.25, 0.3) is 0 Å². The molecule has 5 nitrogen and oxygen atoms in total. The highest BCUT2D eigenvalue weighted by Crippen LogP contribution is 2.28. The first-order chi connectivity index (χ1) is 9.58. The molecule has 0 radical (unpaired) electrons. The van der Waals surface area contributed by atoms with Crippen LogP contribution in [0.25, 0.3) is 0 Å². The molecule has 2 N–H and O–H groups in total. The Kier molecular flexibility index (Phi) is 4.20. The summed E-state index contributed by atoms with van der Waals surface area (Å²) in [5.41, 5.74) is 0.800. The number of benzene rings is 1. The molecule has 0 aliphatic heterocycles. The van der Waals surface area contributed by atoms with Gasteiger partial charge in [0.05, 0.1) is 11.8 Å². The minimum absolute atomic E-state index is 0.0284. The molecule has 1 aromatic carbocycles. The van der Waals surface area contributed by atoms with Crippen molar-refractivity contribution in [3.63, 3.8) is 0 Å². The number of nitrogens with one attached hydrogen (secondary N) is 1. The maximum Gasteiger partial charge on any atom is 0.339 e. The van der Waals surface area contributed by atoms with Crippen LogP contribution in [0.2, 0.25) is 0 Å². The van der Waals surface area contributed by atoms with Crippen molar-refractivity contribution in [1.29, 1.82) is 0 Å². The van der Waals surface area contributed by atoms with Crippen molar-refractivity contribution in [1.82, 2.24) is 4.98 Å². The molecule has 2 rings (SSSR count). The monoisotopic (exact) mass is 272 g/mol. The number of hydrogen-bond donors (Lipinski definition) is 2. The third-order valence-corrected chi connectivity index (χ3v) is 2.54. The SMILES string of the molecule is CC(C)Oc1ccccc1Nc1ncccc1C(=O)O. The standard InChI is InChI=1S/C15H16N2O3/c1-10(2)20-13-8-4-3-7-12(13)17-14-11(15(18)19)6-5-9-16-14/h3-10H,1-2H3,(H,16,17)(H,18,19). The average Bonchev–Trinajstić information content (AvgIpc) is 2.41. The third-order valence-electron chi connectivity index (χ3n) is 2.54. The number of aromatic nitrogens is 1. The summed E-state index contributed by atoms with van der Waals surface area (Å²) < 4.78 is 5.68. The first-order valence-electron chi connectivity index (χ1n) is 6.29. The van der Waals surface area contributed by atoms with Crippen molar-refractivity contribution in [3.8, 4) is 5.75 Å². The van der Waals surface area contributed by atoms with E-state index in [2.05, 4.69) is 10.3 Å². The van der Waals surface area contributed by atoms with E-state index in [0.29, 0.717) is 17.3 Å². The number of nitrogens with zero attached hydrogens (tertiary/aromatic N) is 1. The first kappa shape index (κ1) is 13.9. The first-order valence-corrected chi connectivity index (χ1v) is 6.29. The maximum absolute atomic E-state index is 11.2. The fourth-order valence-electron chi connectivity index (χ4n) is 1.73. The van der Waals surface area contributed by atoms with Gasteiger partial charge in [0, 0.05) is 6.20 Å². The molecule has 5 heteroatoms. The van der Waals surface area contributed by atoms with Crippen LogP contribution < -0.4 is 10.1 Å². The Labute approximate surface area is 117 Å². The van der Waals surface area contributed by atoms with E-state index in [-0.39, 0.29) is 11.7 Å². The van der Waals surface area contributed by atoms with Gasteiger partial charge in [-0.15, -0.1) is 0 Å². The number of anilines is 2. The Morgan fingerprint density at radius 1 is 1.25 bits per heavy atom. The Bertz CT molecular complexity index is 612. The van der Waals surface area contributed by atoms with Crippen LogP contribution >= 0.6 is 0 Å². The molecule has 0 aliphatic carbocycles. The summed E-state index contributed by atoms with van der Waals surface area (Å²) in [5, 5.41) is 12.2. The largest absolute Gasteiger partial charge is 0.489 e. The number of carbonyl (C=O) groups is 1. The molecule has 0 unspecified atom stereocenters. The Morgan fingerprint density at radius 3 is 2.70 bits per heavy atom. The van der Waals surface area contributed by atoms with E-state index in [9.17, 15) is 4.79 Å². The minimum Gasteiger partial charge on any atom is -0.489 e. The zero-order valence-corrected chi connectivity index (χ0v) is 11.3. The van der Waals surface area contributed by atoms with E-state index in [0.717, 1.165) is 0 Å². The lowest BCUT2D eigenvalue weighted by molar-refractivity contribution is 0.0697. The van der Waals surface area contributed by atoms with Gasteiger partial charge in [-0.3, -0.25) is 0 Å².